The molecule has 0 saturated carbocycles. The fraction of sp³-hybridized carbons (Fsp3) is 0.611. The molecule has 4 heterocycles. The molecule has 0 aromatic heterocycles. The molecule has 4 fully saturated rings. The Labute approximate surface area is 460 Å². The van der Waals surface area contributed by atoms with Crippen molar-refractivity contribution in [2.24, 2.45) is 5.41 Å². The number of ether oxygens (including phenoxy) is 17. The van der Waals surface area contributed by atoms with E-state index >= 15 is 0 Å². The Morgan fingerprint density at radius 2 is 0.925 bits per heavy atom. The third kappa shape index (κ3) is 17.4. The molecule has 26 heteroatoms. The Morgan fingerprint density at radius 3 is 1.43 bits per heavy atom. The fourth-order valence-electron chi connectivity index (χ4n) is 9.07. The molecule has 0 amide bonds. The van der Waals surface area contributed by atoms with Crippen molar-refractivity contribution in [2.75, 3.05) is 26.4 Å². The van der Waals surface area contributed by atoms with Gasteiger partial charge in [0.05, 0.1) is 25.2 Å². The van der Waals surface area contributed by atoms with Gasteiger partial charge in [-0.15, -0.1) is 0 Å². The van der Waals surface area contributed by atoms with E-state index in [1.54, 1.807) is 68.4 Å². The van der Waals surface area contributed by atoms with E-state index in [-0.39, 0.29) is 26.2 Å². The van der Waals surface area contributed by atoms with Gasteiger partial charge in [-0.3, -0.25) is 43.2 Å². The molecule has 4 aliphatic heterocycles. The highest BCUT2D eigenvalue weighted by atomic mass is 16.8. The number of fused-ring (bicyclic) bond motifs is 1. The lowest BCUT2D eigenvalue weighted by Crippen LogP contribution is -2.69. The minimum absolute atomic E-state index is 0.0265. The first-order chi connectivity index (χ1) is 37.9. The first-order valence-corrected chi connectivity index (χ1v) is 25.6. The molecule has 2 aromatic rings. The van der Waals surface area contributed by atoms with E-state index in [0.29, 0.717) is 11.1 Å². The lowest BCUT2D eigenvalue weighted by molar-refractivity contribution is -0.397. The summed E-state index contributed by atoms with van der Waals surface area (Å²) in [5.74, 6) is -8.00. The normalized spacial score (nSPS) is 30.2. The van der Waals surface area contributed by atoms with E-state index in [4.69, 9.17) is 80.5 Å². The Bertz CT molecular complexity index is 2470. The maximum atomic E-state index is 14.7. The van der Waals surface area contributed by atoms with Crippen molar-refractivity contribution in [3.8, 4) is 0 Å². The Morgan fingerprint density at radius 1 is 0.475 bits per heavy atom. The Hall–Kier alpha value is -6.65. The van der Waals surface area contributed by atoms with Crippen molar-refractivity contribution in [2.45, 2.75) is 181 Å². The van der Waals surface area contributed by atoms with Crippen molar-refractivity contribution in [3.05, 3.63) is 71.8 Å². The first kappa shape index (κ1) is 62.5. The summed E-state index contributed by atoms with van der Waals surface area (Å²) in [5.41, 5.74) is -0.0674. The van der Waals surface area contributed by atoms with Crippen LogP contribution in [0, 0.1) is 5.41 Å². The molecule has 0 aliphatic carbocycles. The summed E-state index contributed by atoms with van der Waals surface area (Å²) in [6.45, 7) is 9.68. The van der Waals surface area contributed by atoms with Gasteiger partial charge in [0.2, 0.25) is 6.29 Å². The van der Waals surface area contributed by atoms with E-state index in [2.05, 4.69) is 0 Å². The highest BCUT2D eigenvalue weighted by Crippen LogP contribution is 2.42. The molecule has 16 atom stereocenters. The van der Waals surface area contributed by atoms with Crippen LogP contribution in [-0.2, 0) is 130 Å². The zero-order valence-electron chi connectivity index (χ0n) is 45.9. The van der Waals surface area contributed by atoms with E-state index in [1.165, 1.54) is 6.92 Å². The summed E-state index contributed by atoms with van der Waals surface area (Å²) in [4.78, 5) is 116. The second-order valence-corrected chi connectivity index (χ2v) is 19.6. The maximum absolute atomic E-state index is 14.7. The van der Waals surface area contributed by atoms with Crippen molar-refractivity contribution in [1.82, 2.24) is 0 Å². The third-order valence-electron chi connectivity index (χ3n) is 12.6. The van der Waals surface area contributed by atoms with Gasteiger partial charge >= 0.3 is 53.7 Å². The second kappa shape index (κ2) is 28.7. The zero-order valence-corrected chi connectivity index (χ0v) is 45.9. The molecular weight excluding hydrogens is 1060 g/mol. The third-order valence-corrected chi connectivity index (χ3v) is 12.6. The van der Waals surface area contributed by atoms with Gasteiger partial charge in [-0.05, 0) is 25.8 Å². The number of hydrogen-bond donors (Lipinski definition) is 0. The van der Waals surface area contributed by atoms with Gasteiger partial charge in [0, 0.05) is 61.0 Å². The smallest absolute Gasteiger partial charge is 0.312 e. The predicted octanol–water partition coefficient (Wildman–Crippen LogP) is 2.94. The summed E-state index contributed by atoms with van der Waals surface area (Å²) >= 11 is 0. The highest BCUT2D eigenvalue weighted by molar-refractivity contribution is 5.76. The van der Waals surface area contributed by atoms with Crippen LogP contribution in [0.1, 0.15) is 93.1 Å². The molecule has 0 bridgehead atoms. The monoisotopic (exact) mass is 1130 g/mol. The molecule has 4 aliphatic rings. The van der Waals surface area contributed by atoms with Gasteiger partial charge in [-0.1, -0.05) is 60.7 Å². The standard InChI is InChI=1S/C54H68O26/c1-27(55)64-22-21-54(9,10)53(63)80-46-43(67-23-35-17-13-11-14-18-35)40-39(26-68-49(77-40)36-19-15-12-16-20-36)76-51(46)78-45-42(70-31(5)59)38(25-66-29(3)57)75-52(48(45)72-33(7)61)79-44-41(69-30(4)58)37(24-65-28(2)56)74-50(73-34(8)62)47(44)71-32(6)60/h11-20,37-52H,21-26H2,1-10H3/t37?,38?,39?,40-,41-,42-,43-,44-,45-,46?,47?,48?,49?,50+,51-,52-/m0/s1. The zero-order chi connectivity index (χ0) is 58.4. The van der Waals surface area contributed by atoms with E-state index in [1.807, 2.05) is 6.07 Å². The number of carbonyl (C=O) groups is 9. The van der Waals surface area contributed by atoms with Crippen molar-refractivity contribution in [3.63, 3.8) is 0 Å². The van der Waals surface area contributed by atoms with Crippen LogP contribution in [0.5, 0.6) is 0 Å². The molecule has 2 aromatic carbocycles. The summed E-state index contributed by atoms with van der Waals surface area (Å²) in [7, 11) is 0. The van der Waals surface area contributed by atoms with Gasteiger partial charge in [0.1, 0.15) is 55.9 Å². The molecule has 80 heavy (non-hydrogen) atoms. The molecule has 26 nitrogen and oxygen atoms in total. The molecular formula is C54H68O26. The average molecular weight is 1130 g/mol. The van der Waals surface area contributed by atoms with Crippen LogP contribution in [0.2, 0.25) is 0 Å². The molecule has 0 N–H and O–H groups in total. The van der Waals surface area contributed by atoms with Crippen LogP contribution in [0.15, 0.2) is 60.7 Å². The largest absolute Gasteiger partial charge is 0.466 e. The minimum Gasteiger partial charge on any atom is -0.466 e. The van der Waals surface area contributed by atoms with Gasteiger partial charge in [0.15, 0.2) is 49.4 Å². The number of esters is 9. The van der Waals surface area contributed by atoms with Crippen molar-refractivity contribution >= 4 is 53.7 Å². The SMILES string of the molecule is CC(=O)OCCC(C)(C)C(=O)OC1[C@H](O[C@@H]2C(OC(C)=O)[C@H](O[C@@H]3C(OC(C)=O)[C@H](OC(C)=O)OC(COC(C)=O)[C@@H]3OC(C)=O)OC(COC(C)=O)[C@@H]2OC(C)=O)OC2COC(c3ccccc3)O[C@@H]2[C@@H]1OCc1ccccc1. The van der Waals surface area contributed by atoms with Gasteiger partial charge in [0.25, 0.3) is 0 Å². The van der Waals surface area contributed by atoms with Crippen LogP contribution < -0.4 is 0 Å². The molecule has 6 rings (SSSR count). The average Bonchev–Trinajstić information content (AvgIpc) is 3.48. The van der Waals surface area contributed by atoms with Gasteiger partial charge in [-0.25, -0.2) is 0 Å². The van der Waals surface area contributed by atoms with Crippen molar-refractivity contribution < 1.29 is 124 Å². The van der Waals surface area contributed by atoms with E-state index in [9.17, 15) is 43.2 Å². The number of benzene rings is 2. The van der Waals surface area contributed by atoms with Crippen LogP contribution in [0.3, 0.4) is 0 Å². The molecule has 7 unspecified atom stereocenters. The molecule has 4 saturated heterocycles. The fourth-order valence-corrected chi connectivity index (χ4v) is 9.07. The number of carbonyl (C=O) groups excluding carboxylic acids is 9. The summed E-state index contributed by atoms with van der Waals surface area (Å²) in [5, 5.41) is 0. The van der Waals surface area contributed by atoms with Crippen LogP contribution in [0.4, 0.5) is 0 Å². The van der Waals surface area contributed by atoms with Crippen molar-refractivity contribution in [1.29, 1.82) is 0 Å². The molecule has 0 spiro atoms. The minimum atomic E-state index is -2.06. The lowest BCUT2D eigenvalue weighted by Gasteiger charge is -2.52. The molecule has 440 valence electrons. The second-order valence-electron chi connectivity index (χ2n) is 19.6. The van der Waals surface area contributed by atoms with Gasteiger partial charge < -0.3 is 80.5 Å². The summed E-state index contributed by atoms with van der Waals surface area (Å²) < 4.78 is 103. The predicted molar refractivity (Wildman–Crippen MR) is 263 cm³/mol. The summed E-state index contributed by atoms with van der Waals surface area (Å²) in [6, 6.07) is 17.9. The highest BCUT2D eigenvalue weighted by Gasteiger charge is 2.61. The topological polar surface area (TPSA) is 311 Å². The van der Waals surface area contributed by atoms with Crippen LogP contribution >= 0.6 is 0 Å². The Kier molecular flexibility index (Phi) is 22.4. The first-order valence-electron chi connectivity index (χ1n) is 25.6. The lowest BCUT2D eigenvalue weighted by atomic mass is 9.89. The van der Waals surface area contributed by atoms with Gasteiger partial charge in [-0.2, -0.15) is 0 Å². The maximum Gasteiger partial charge on any atom is 0.312 e. The Balaban J connectivity index is 1.52. The number of hydrogen-bond acceptors (Lipinski definition) is 26. The molecule has 0 radical (unpaired) electrons. The number of rotatable bonds is 22. The van der Waals surface area contributed by atoms with E-state index < -0.39 is 171 Å². The van der Waals surface area contributed by atoms with E-state index in [0.717, 1.165) is 48.5 Å². The quantitative estimate of drug-likeness (QED) is 0.121. The van der Waals surface area contributed by atoms with Crippen LogP contribution in [-0.4, -0.2) is 172 Å². The van der Waals surface area contributed by atoms with Crippen LogP contribution in [0.25, 0.3) is 0 Å². The summed E-state index contributed by atoms with van der Waals surface area (Å²) in [6.07, 6.45) is -26.2.